The van der Waals surface area contributed by atoms with Crippen LogP contribution in [0.4, 0.5) is 4.79 Å². The lowest BCUT2D eigenvalue weighted by Gasteiger charge is -2.33. The molecule has 162 valence electrons. The number of thiophene rings is 1. The molecule has 0 atom stereocenters. The maximum Gasteiger partial charge on any atom is 0.345 e. The lowest BCUT2D eigenvalue weighted by molar-refractivity contribution is 0.0431. The van der Waals surface area contributed by atoms with Crippen molar-refractivity contribution in [1.82, 2.24) is 9.80 Å². The first kappa shape index (κ1) is 22.6. The third kappa shape index (κ3) is 6.72. The van der Waals surface area contributed by atoms with E-state index in [4.69, 9.17) is 21.4 Å². The molecule has 8 heteroatoms. The monoisotopic (exact) mass is 450 g/mol. The van der Waals surface area contributed by atoms with Gasteiger partial charge < -0.3 is 19.6 Å². The quantitative estimate of drug-likeness (QED) is 0.614. The summed E-state index contributed by atoms with van der Waals surface area (Å²) in [6.45, 7) is 3.72. The smallest absolute Gasteiger partial charge is 0.345 e. The average Bonchev–Trinajstić information content (AvgIpc) is 3.22. The highest BCUT2D eigenvalue weighted by molar-refractivity contribution is 7.13. The number of halogens is 1. The number of carbonyl (C=O) groups excluding carboxylic acids is 1. The largest absolute Gasteiger partial charge is 0.477 e. The number of urea groups is 1. The molecule has 2 heterocycles. The third-order valence-corrected chi connectivity index (χ3v) is 6.43. The van der Waals surface area contributed by atoms with Crippen molar-refractivity contribution < 1.29 is 19.4 Å². The van der Waals surface area contributed by atoms with E-state index in [0.29, 0.717) is 44.3 Å². The van der Waals surface area contributed by atoms with Crippen LogP contribution in [0, 0.1) is 0 Å². The van der Waals surface area contributed by atoms with E-state index in [0.717, 1.165) is 35.6 Å². The summed E-state index contributed by atoms with van der Waals surface area (Å²) in [6.07, 6.45) is 3.28. The molecule has 6 nitrogen and oxygen atoms in total. The molecule has 1 aliphatic heterocycles. The Labute approximate surface area is 186 Å². The molecule has 30 heavy (non-hydrogen) atoms. The first-order chi connectivity index (χ1) is 14.5. The summed E-state index contributed by atoms with van der Waals surface area (Å²) >= 11 is 7.37. The van der Waals surface area contributed by atoms with Crippen molar-refractivity contribution in [2.45, 2.75) is 25.7 Å². The van der Waals surface area contributed by atoms with E-state index in [1.54, 1.807) is 6.07 Å². The first-order valence-corrected chi connectivity index (χ1v) is 11.4. The van der Waals surface area contributed by atoms with E-state index >= 15 is 0 Å². The van der Waals surface area contributed by atoms with Gasteiger partial charge in [0.25, 0.3) is 0 Å². The number of hydrogen-bond acceptors (Lipinski definition) is 4. The zero-order chi connectivity index (χ0) is 21.3. The number of rotatable bonds is 9. The first-order valence-electron chi connectivity index (χ1n) is 10.2. The molecule has 1 aromatic carbocycles. The molecule has 1 N–H and O–H groups in total. The normalized spacial score (nSPS) is 14.0. The molecule has 0 radical (unpaired) electrons. The summed E-state index contributed by atoms with van der Waals surface area (Å²) in [5, 5.41) is 9.80. The van der Waals surface area contributed by atoms with Crippen molar-refractivity contribution >= 4 is 34.9 Å². The van der Waals surface area contributed by atoms with E-state index in [1.807, 2.05) is 34.1 Å². The van der Waals surface area contributed by atoms with Gasteiger partial charge in [0.2, 0.25) is 0 Å². The van der Waals surface area contributed by atoms with Gasteiger partial charge in [0, 0.05) is 36.1 Å². The van der Waals surface area contributed by atoms with Crippen LogP contribution >= 0.6 is 22.9 Å². The fourth-order valence-electron chi connectivity index (χ4n) is 3.50. The second-order valence-corrected chi connectivity index (χ2v) is 8.88. The SMILES string of the molecule is O=C(O)c1ccc(CCCN(CCCc2cccc(Cl)c2)C(=O)N2CCOCC2)s1. The average molecular weight is 451 g/mol. The van der Waals surface area contributed by atoms with Crippen molar-refractivity contribution in [3.63, 3.8) is 0 Å². The summed E-state index contributed by atoms with van der Waals surface area (Å²) in [5.41, 5.74) is 1.17. The molecular formula is C22H27ClN2O4S. The van der Waals surface area contributed by atoms with Crippen LogP contribution in [0.5, 0.6) is 0 Å². The van der Waals surface area contributed by atoms with E-state index in [-0.39, 0.29) is 6.03 Å². The minimum Gasteiger partial charge on any atom is -0.477 e. The Morgan fingerprint density at radius 3 is 2.50 bits per heavy atom. The number of aryl methyl sites for hydroxylation is 2. The molecule has 2 amide bonds. The number of amides is 2. The highest BCUT2D eigenvalue weighted by atomic mass is 35.5. The summed E-state index contributed by atoms with van der Waals surface area (Å²) in [7, 11) is 0. The number of carboxylic acid groups (broad SMARTS) is 1. The van der Waals surface area contributed by atoms with E-state index < -0.39 is 5.97 Å². The highest BCUT2D eigenvalue weighted by Crippen LogP contribution is 2.19. The number of aromatic carboxylic acids is 1. The number of nitrogens with zero attached hydrogens (tertiary/aromatic N) is 2. The molecule has 1 saturated heterocycles. The van der Waals surface area contributed by atoms with E-state index in [2.05, 4.69) is 6.07 Å². The van der Waals surface area contributed by atoms with Gasteiger partial charge >= 0.3 is 12.0 Å². The number of ether oxygens (including phenoxy) is 1. The standard InChI is InChI=1S/C22H27ClN2O4S/c23-18-6-1-4-17(16-18)5-2-10-24(22(28)25-12-14-29-15-13-25)11-3-7-19-8-9-20(30-19)21(26)27/h1,4,6,8-9,16H,2-3,5,7,10-15H2,(H,26,27). The van der Waals surface area contributed by atoms with E-state index in [9.17, 15) is 9.59 Å². The molecule has 0 bridgehead atoms. The molecular weight excluding hydrogens is 424 g/mol. The van der Waals surface area contributed by atoms with E-state index in [1.165, 1.54) is 16.9 Å². The molecule has 0 spiro atoms. The van der Waals surface area contributed by atoms with Crippen LogP contribution in [-0.2, 0) is 17.6 Å². The molecule has 1 aromatic heterocycles. The Bertz CT molecular complexity index is 851. The van der Waals surface area contributed by atoms with Gasteiger partial charge in [0.15, 0.2) is 0 Å². The van der Waals surface area contributed by atoms with Crippen molar-refractivity contribution in [3.05, 3.63) is 56.7 Å². The Kier molecular flexibility index (Phi) is 8.54. The zero-order valence-corrected chi connectivity index (χ0v) is 18.5. The van der Waals surface area contributed by atoms with Gasteiger partial charge in [0.05, 0.1) is 13.2 Å². The highest BCUT2D eigenvalue weighted by Gasteiger charge is 2.22. The van der Waals surface area contributed by atoms with Gasteiger partial charge in [-0.3, -0.25) is 0 Å². The van der Waals surface area contributed by atoms with Gasteiger partial charge in [-0.05, 0) is 55.5 Å². The lowest BCUT2D eigenvalue weighted by atomic mass is 10.1. The molecule has 1 aliphatic rings. The lowest BCUT2D eigenvalue weighted by Crippen LogP contribution is -2.48. The topological polar surface area (TPSA) is 70.1 Å². The van der Waals surface area contributed by atoms with Crippen LogP contribution in [0.25, 0.3) is 0 Å². The molecule has 3 rings (SSSR count). The fraction of sp³-hybridized carbons (Fsp3) is 0.455. The molecule has 2 aromatic rings. The number of benzene rings is 1. The van der Waals surface area contributed by atoms with Gasteiger partial charge in [0.1, 0.15) is 4.88 Å². The minimum absolute atomic E-state index is 0.0572. The summed E-state index contributed by atoms with van der Waals surface area (Å²) in [4.78, 5) is 29.2. The number of carbonyl (C=O) groups is 2. The maximum absolute atomic E-state index is 13.0. The van der Waals surface area contributed by atoms with Crippen LogP contribution in [0.3, 0.4) is 0 Å². The Morgan fingerprint density at radius 1 is 1.10 bits per heavy atom. The molecule has 1 fully saturated rings. The predicted molar refractivity (Wildman–Crippen MR) is 119 cm³/mol. The maximum atomic E-state index is 13.0. The van der Waals surface area contributed by atoms with Crippen LogP contribution in [0.1, 0.15) is 33.0 Å². The van der Waals surface area contributed by atoms with Crippen LogP contribution in [-0.4, -0.2) is 66.3 Å². The Morgan fingerprint density at radius 2 is 1.83 bits per heavy atom. The summed E-state index contributed by atoms with van der Waals surface area (Å²) in [6, 6.07) is 11.4. The Hall–Kier alpha value is -2.09. The number of hydrogen-bond donors (Lipinski definition) is 1. The third-order valence-electron chi connectivity index (χ3n) is 5.06. The van der Waals surface area contributed by atoms with Crippen molar-refractivity contribution in [1.29, 1.82) is 0 Å². The molecule has 0 unspecified atom stereocenters. The number of carboxylic acids is 1. The van der Waals surface area contributed by atoms with Crippen LogP contribution in [0.15, 0.2) is 36.4 Å². The second kappa shape index (κ2) is 11.3. The van der Waals surface area contributed by atoms with Crippen molar-refractivity contribution in [2.24, 2.45) is 0 Å². The van der Waals surface area contributed by atoms with Crippen molar-refractivity contribution in [2.75, 3.05) is 39.4 Å². The molecule has 0 saturated carbocycles. The Balaban J connectivity index is 1.55. The van der Waals surface area contributed by atoms with Crippen LogP contribution < -0.4 is 0 Å². The summed E-state index contributed by atoms with van der Waals surface area (Å²) < 4.78 is 5.37. The number of morpholine rings is 1. The van der Waals surface area contributed by atoms with Gasteiger partial charge in [-0.15, -0.1) is 11.3 Å². The van der Waals surface area contributed by atoms with Gasteiger partial charge in [-0.1, -0.05) is 23.7 Å². The zero-order valence-electron chi connectivity index (χ0n) is 16.9. The van der Waals surface area contributed by atoms with Crippen molar-refractivity contribution in [3.8, 4) is 0 Å². The fourth-order valence-corrected chi connectivity index (χ4v) is 4.60. The van der Waals surface area contributed by atoms with Gasteiger partial charge in [-0.25, -0.2) is 9.59 Å². The van der Waals surface area contributed by atoms with Gasteiger partial charge in [-0.2, -0.15) is 0 Å². The minimum atomic E-state index is -0.892. The van der Waals surface area contributed by atoms with Crippen LogP contribution in [0.2, 0.25) is 5.02 Å². The summed E-state index contributed by atoms with van der Waals surface area (Å²) in [5.74, 6) is -0.892. The second-order valence-electron chi connectivity index (χ2n) is 7.28. The molecule has 0 aliphatic carbocycles. The predicted octanol–water partition coefficient (Wildman–Crippen LogP) is 4.42.